The van der Waals surface area contributed by atoms with Gasteiger partial charge in [0, 0.05) is 25.3 Å². The van der Waals surface area contributed by atoms with Crippen LogP contribution in [-0.2, 0) is 21.4 Å². The molecule has 0 fully saturated rings. The number of aryl methyl sites for hydroxylation is 2. The summed E-state index contributed by atoms with van der Waals surface area (Å²) in [7, 11) is 1.48. The van der Waals surface area contributed by atoms with E-state index in [2.05, 4.69) is 37.4 Å². The van der Waals surface area contributed by atoms with E-state index in [-0.39, 0.29) is 10.8 Å². The van der Waals surface area contributed by atoms with Gasteiger partial charge in [-0.25, -0.2) is 12.7 Å². The molecular weight excluding hydrogens is 362 g/mol. The Kier molecular flexibility index (Phi) is 6.75. The second-order valence-corrected chi connectivity index (χ2v) is 9.25. The summed E-state index contributed by atoms with van der Waals surface area (Å²) in [5, 5.41) is 2.82. The number of hydrogen-bond donors (Lipinski definition) is 2. The van der Waals surface area contributed by atoms with Crippen molar-refractivity contribution in [3.8, 4) is 0 Å². The van der Waals surface area contributed by atoms with Gasteiger partial charge in [-0.3, -0.25) is 4.79 Å². The first-order valence-electron chi connectivity index (χ1n) is 8.79. The number of quaternary nitrogens is 1. The van der Waals surface area contributed by atoms with Crippen molar-refractivity contribution in [3.05, 3.63) is 59.2 Å². The van der Waals surface area contributed by atoms with Crippen LogP contribution in [-0.4, -0.2) is 46.3 Å². The van der Waals surface area contributed by atoms with E-state index in [1.807, 2.05) is 7.05 Å². The van der Waals surface area contributed by atoms with Crippen LogP contribution >= 0.6 is 0 Å². The average Bonchev–Trinajstić information content (AvgIpc) is 2.57. The average molecular weight is 391 g/mol. The number of amides is 1. The first-order chi connectivity index (χ1) is 12.6. The molecule has 2 N–H and O–H groups in total. The summed E-state index contributed by atoms with van der Waals surface area (Å²) in [6, 6.07) is 12.5. The van der Waals surface area contributed by atoms with Crippen LogP contribution in [0.3, 0.4) is 0 Å². The van der Waals surface area contributed by atoms with E-state index in [0.717, 1.165) is 15.7 Å². The normalized spacial score (nSPS) is 12.8. The van der Waals surface area contributed by atoms with Crippen LogP contribution in [0.15, 0.2) is 47.4 Å². The predicted octanol–water partition coefficient (Wildman–Crippen LogP) is 1.21. The Labute approximate surface area is 161 Å². The van der Waals surface area contributed by atoms with Gasteiger partial charge in [-0.1, -0.05) is 23.8 Å². The molecule has 0 saturated heterocycles. The maximum Gasteiger partial charge on any atom is 0.279 e. The third kappa shape index (κ3) is 5.63. The van der Waals surface area contributed by atoms with Crippen LogP contribution in [0.25, 0.3) is 0 Å². The zero-order valence-electron chi connectivity index (χ0n) is 16.5. The number of sulfonamides is 1. The lowest BCUT2D eigenvalue weighted by atomic mass is 10.1. The van der Waals surface area contributed by atoms with Gasteiger partial charge in [-0.05, 0) is 43.7 Å². The summed E-state index contributed by atoms with van der Waals surface area (Å²) >= 11 is 0. The zero-order chi connectivity index (χ0) is 20.2. The molecule has 0 aliphatic heterocycles. The molecular formula is C20H28N3O3S+. The van der Waals surface area contributed by atoms with Crippen LogP contribution in [0.2, 0.25) is 0 Å². The summed E-state index contributed by atoms with van der Waals surface area (Å²) < 4.78 is 25.3. The summed E-state index contributed by atoms with van der Waals surface area (Å²) in [6.07, 6.45) is 0. The van der Waals surface area contributed by atoms with Crippen molar-refractivity contribution >= 4 is 21.6 Å². The fourth-order valence-electron chi connectivity index (χ4n) is 2.83. The van der Waals surface area contributed by atoms with E-state index in [1.54, 1.807) is 12.1 Å². The first kappa shape index (κ1) is 21.1. The van der Waals surface area contributed by atoms with E-state index < -0.39 is 10.0 Å². The number of benzene rings is 2. The molecule has 0 bridgehead atoms. The monoisotopic (exact) mass is 390 g/mol. The Morgan fingerprint density at radius 3 is 2.26 bits per heavy atom. The molecule has 1 unspecified atom stereocenters. The van der Waals surface area contributed by atoms with Crippen molar-refractivity contribution in [2.45, 2.75) is 25.3 Å². The Hall–Kier alpha value is -2.22. The van der Waals surface area contributed by atoms with Crippen molar-refractivity contribution < 1.29 is 18.1 Å². The topological polar surface area (TPSA) is 70.9 Å². The second-order valence-electron chi connectivity index (χ2n) is 7.10. The fraction of sp³-hybridized carbons (Fsp3) is 0.350. The predicted molar refractivity (Wildman–Crippen MR) is 107 cm³/mol. The fourth-order valence-corrected chi connectivity index (χ4v) is 3.73. The molecule has 7 heteroatoms. The number of rotatable bonds is 7. The van der Waals surface area contributed by atoms with Gasteiger partial charge in [0.25, 0.3) is 5.91 Å². The number of carbonyl (C=O) groups excluding carboxylic acids is 1. The van der Waals surface area contributed by atoms with Gasteiger partial charge in [0.05, 0.1) is 11.9 Å². The quantitative estimate of drug-likeness (QED) is 0.747. The molecule has 2 rings (SSSR count). The van der Waals surface area contributed by atoms with Crippen LogP contribution in [0.4, 0.5) is 5.69 Å². The smallest absolute Gasteiger partial charge is 0.279 e. The van der Waals surface area contributed by atoms with E-state index in [4.69, 9.17) is 0 Å². The highest BCUT2D eigenvalue weighted by atomic mass is 32.2. The molecule has 1 amide bonds. The van der Waals surface area contributed by atoms with Gasteiger partial charge in [0.1, 0.15) is 6.54 Å². The van der Waals surface area contributed by atoms with E-state index >= 15 is 0 Å². The van der Waals surface area contributed by atoms with Gasteiger partial charge in [-0.2, -0.15) is 0 Å². The molecule has 0 radical (unpaired) electrons. The van der Waals surface area contributed by atoms with Gasteiger partial charge < -0.3 is 10.2 Å². The maximum atomic E-state index is 12.3. The standard InChI is InChI=1S/C20H27N3O3S/c1-15-6-7-17(16(2)12-15)13-23(5)14-20(24)21-18-8-10-19(11-9-18)27(25,26)22(3)4/h6-12H,13-14H2,1-5H3,(H,21,24)/p+1. The molecule has 1 atom stereocenters. The van der Waals surface area contributed by atoms with Crippen LogP contribution < -0.4 is 10.2 Å². The van der Waals surface area contributed by atoms with Gasteiger partial charge in [-0.15, -0.1) is 0 Å². The summed E-state index contributed by atoms with van der Waals surface area (Å²) in [6.45, 7) is 5.24. The molecule has 0 spiro atoms. The number of nitrogens with zero attached hydrogens (tertiary/aromatic N) is 1. The maximum absolute atomic E-state index is 12.3. The molecule has 27 heavy (non-hydrogen) atoms. The highest BCUT2D eigenvalue weighted by Gasteiger charge is 2.17. The first-order valence-corrected chi connectivity index (χ1v) is 10.2. The van der Waals surface area contributed by atoms with E-state index in [9.17, 15) is 13.2 Å². The molecule has 146 valence electrons. The molecule has 0 aliphatic carbocycles. The molecule has 2 aromatic carbocycles. The van der Waals surface area contributed by atoms with Crippen molar-refractivity contribution in [1.82, 2.24) is 4.31 Å². The Balaban J connectivity index is 1.95. The third-order valence-electron chi connectivity index (χ3n) is 4.37. The number of anilines is 1. The summed E-state index contributed by atoms with van der Waals surface area (Å²) in [5.41, 5.74) is 4.26. The molecule has 2 aromatic rings. The minimum atomic E-state index is -3.47. The van der Waals surface area contributed by atoms with Gasteiger partial charge in [0.2, 0.25) is 10.0 Å². The lowest BCUT2D eigenvalue weighted by Crippen LogP contribution is -3.08. The molecule has 0 heterocycles. The van der Waals surface area contributed by atoms with Crippen molar-refractivity contribution in [2.24, 2.45) is 0 Å². The summed E-state index contributed by atoms with van der Waals surface area (Å²) in [4.78, 5) is 13.6. The SMILES string of the molecule is Cc1ccc(C[NH+](C)CC(=O)Nc2ccc(S(=O)(=O)N(C)C)cc2)c(C)c1. The highest BCUT2D eigenvalue weighted by molar-refractivity contribution is 7.89. The minimum Gasteiger partial charge on any atom is -0.326 e. The lowest BCUT2D eigenvalue weighted by molar-refractivity contribution is -0.885. The minimum absolute atomic E-state index is 0.111. The molecule has 0 aliphatic rings. The van der Waals surface area contributed by atoms with Crippen molar-refractivity contribution in [1.29, 1.82) is 0 Å². The second kappa shape index (κ2) is 8.65. The Morgan fingerprint density at radius 1 is 1.07 bits per heavy atom. The number of likely N-dealkylation sites (N-methyl/N-ethyl adjacent to an activating group) is 1. The molecule has 6 nitrogen and oxygen atoms in total. The number of carbonyl (C=O) groups is 1. The highest BCUT2D eigenvalue weighted by Crippen LogP contribution is 2.16. The van der Waals surface area contributed by atoms with E-state index in [1.165, 1.54) is 42.9 Å². The van der Waals surface area contributed by atoms with Crippen molar-refractivity contribution in [3.63, 3.8) is 0 Å². The Bertz CT molecular complexity index is 907. The molecule has 0 saturated carbocycles. The lowest BCUT2D eigenvalue weighted by Gasteiger charge is -2.16. The van der Waals surface area contributed by atoms with E-state index in [0.29, 0.717) is 12.2 Å². The van der Waals surface area contributed by atoms with Gasteiger partial charge in [0.15, 0.2) is 6.54 Å². The zero-order valence-corrected chi connectivity index (χ0v) is 17.4. The van der Waals surface area contributed by atoms with Gasteiger partial charge >= 0.3 is 0 Å². The van der Waals surface area contributed by atoms with Crippen molar-refractivity contribution in [2.75, 3.05) is 33.0 Å². The Morgan fingerprint density at radius 2 is 1.70 bits per heavy atom. The van der Waals surface area contributed by atoms with Crippen LogP contribution in [0.5, 0.6) is 0 Å². The van der Waals surface area contributed by atoms with Crippen LogP contribution in [0.1, 0.15) is 16.7 Å². The summed E-state index contributed by atoms with van der Waals surface area (Å²) in [5.74, 6) is -0.111. The largest absolute Gasteiger partial charge is 0.326 e. The number of hydrogen-bond acceptors (Lipinski definition) is 3. The number of nitrogens with one attached hydrogen (secondary N) is 2. The molecule has 0 aromatic heterocycles. The third-order valence-corrected chi connectivity index (χ3v) is 6.20. The van der Waals surface area contributed by atoms with Crippen LogP contribution in [0, 0.1) is 13.8 Å².